The quantitative estimate of drug-likeness (QED) is 0.800. The molecule has 25 heavy (non-hydrogen) atoms. The zero-order valence-corrected chi connectivity index (χ0v) is 13.4. The zero-order valence-electron chi connectivity index (χ0n) is 13.4. The summed E-state index contributed by atoms with van der Waals surface area (Å²) in [7, 11) is 0. The first-order valence-electron chi connectivity index (χ1n) is 7.77. The van der Waals surface area contributed by atoms with Crippen LogP contribution in [-0.2, 0) is 12.4 Å². The van der Waals surface area contributed by atoms with E-state index in [2.05, 4.69) is 0 Å². The van der Waals surface area contributed by atoms with Crippen LogP contribution in [-0.4, -0.2) is 29.4 Å². The van der Waals surface area contributed by atoms with Crippen LogP contribution < -0.4 is 5.73 Å². The van der Waals surface area contributed by atoms with E-state index in [9.17, 15) is 31.1 Å². The number of benzene rings is 1. The Morgan fingerprint density at radius 3 is 2.04 bits per heavy atom. The van der Waals surface area contributed by atoms with Crippen LogP contribution in [0.2, 0.25) is 0 Å². The lowest BCUT2D eigenvalue weighted by molar-refractivity contribution is -0.143. The van der Waals surface area contributed by atoms with Gasteiger partial charge in [0.25, 0.3) is 5.91 Å². The van der Waals surface area contributed by atoms with E-state index in [0.717, 1.165) is 6.42 Å². The molecule has 1 saturated heterocycles. The second-order valence-corrected chi connectivity index (χ2v) is 6.22. The molecule has 0 radical (unpaired) electrons. The number of nitrogens with zero attached hydrogens (tertiary/aromatic N) is 1. The molecule has 1 heterocycles. The van der Waals surface area contributed by atoms with Crippen LogP contribution in [0.4, 0.5) is 26.3 Å². The van der Waals surface area contributed by atoms with Crippen LogP contribution in [0.25, 0.3) is 0 Å². The highest BCUT2D eigenvalue weighted by Gasteiger charge is 2.38. The number of hydrogen-bond acceptors (Lipinski definition) is 2. The summed E-state index contributed by atoms with van der Waals surface area (Å²) in [4.78, 5) is 13.9. The van der Waals surface area contributed by atoms with Gasteiger partial charge in [-0.15, -0.1) is 0 Å². The van der Waals surface area contributed by atoms with Gasteiger partial charge in [-0.25, -0.2) is 0 Å². The maximum Gasteiger partial charge on any atom is 0.416 e. The molecule has 1 aromatic rings. The SMILES string of the molecule is CC(N)C1CCCCN1C(=O)c1cc(C(F)(F)F)cc(C(F)(F)F)c1. The van der Waals surface area contributed by atoms with E-state index in [1.54, 1.807) is 6.92 Å². The zero-order chi connectivity index (χ0) is 19.0. The van der Waals surface area contributed by atoms with Crippen molar-refractivity contribution in [2.24, 2.45) is 5.73 Å². The summed E-state index contributed by atoms with van der Waals surface area (Å²) < 4.78 is 77.6. The Morgan fingerprint density at radius 1 is 1.08 bits per heavy atom. The Labute approximate surface area is 140 Å². The van der Waals surface area contributed by atoms with Crippen LogP contribution in [0.3, 0.4) is 0 Å². The highest BCUT2D eigenvalue weighted by molar-refractivity contribution is 5.95. The molecule has 1 fully saturated rings. The molecule has 2 atom stereocenters. The number of alkyl halides is 6. The first-order chi connectivity index (χ1) is 11.4. The van der Waals surface area contributed by atoms with Crippen molar-refractivity contribution in [3.05, 3.63) is 34.9 Å². The summed E-state index contributed by atoms with van der Waals surface area (Å²) in [6.45, 7) is 1.91. The minimum Gasteiger partial charge on any atom is -0.334 e. The van der Waals surface area contributed by atoms with Gasteiger partial charge in [0.2, 0.25) is 0 Å². The highest BCUT2D eigenvalue weighted by atomic mass is 19.4. The lowest BCUT2D eigenvalue weighted by atomic mass is 9.95. The molecule has 2 unspecified atom stereocenters. The van der Waals surface area contributed by atoms with Crippen molar-refractivity contribution < 1.29 is 31.1 Å². The lowest BCUT2D eigenvalue weighted by Crippen LogP contribution is -2.51. The van der Waals surface area contributed by atoms with Gasteiger partial charge in [0, 0.05) is 24.2 Å². The molecule has 2 rings (SSSR count). The molecule has 0 spiro atoms. The van der Waals surface area contributed by atoms with E-state index in [1.165, 1.54) is 4.90 Å². The fourth-order valence-corrected chi connectivity index (χ4v) is 3.00. The molecule has 1 aromatic carbocycles. The van der Waals surface area contributed by atoms with Crippen molar-refractivity contribution in [1.29, 1.82) is 0 Å². The fourth-order valence-electron chi connectivity index (χ4n) is 3.00. The Balaban J connectivity index is 2.47. The second kappa shape index (κ2) is 6.86. The number of piperidine rings is 1. The van der Waals surface area contributed by atoms with Crippen LogP contribution >= 0.6 is 0 Å². The molecular formula is C16H18F6N2O. The van der Waals surface area contributed by atoms with Gasteiger partial charge in [-0.3, -0.25) is 4.79 Å². The van der Waals surface area contributed by atoms with Gasteiger partial charge < -0.3 is 10.6 Å². The highest BCUT2D eigenvalue weighted by Crippen LogP contribution is 2.37. The summed E-state index contributed by atoms with van der Waals surface area (Å²) in [5.41, 5.74) is 2.19. The third-order valence-electron chi connectivity index (χ3n) is 4.25. The molecule has 0 saturated carbocycles. The summed E-state index contributed by atoms with van der Waals surface area (Å²) in [6, 6.07) is 0.0903. The van der Waals surface area contributed by atoms with Gasteiger partial charge in [0.15, 0.2) is 0 Å². The van der Waals surface area contributed by atoms with Crippen LogP contribution in [0, 0.1) is 0 Å². The molecule has 0 bridgehead atoms. The van der Waals surface area contributed by atoms with Gasteiger partial charge in [0.1, 0.15) is 0 Å². The summed E-state index contributed by atoms with van der Waals surface area (Å²) in [6.07, 6.45) is -7.99. The van der Waals surface area contributed by atoms with Crippen LogP contribution in [0.15, 0.2) is 18.2 Å². The van der Waals surface area contributed by atoms with E-state index in [0.29, 0.717) is 25.0 Å². The van der Waals surface area contributed by atoms with Gasteiger partial charge in [-0.1, -0.05) is 0 Å². The summed E-state index contributed by atoms with van der Waals surface area (Å²) >= 11 is 0. The van der Waals surface area contributed by atoms with Crippen LogP contribution in [0.1, 0.15) is 47.7 Å². The number of nitrogens with two attached hydrogens (primary N) is 1. The van der Waals surface area contributed by atoms with Crippen molar-refractivity contribution in [3.8, 4) is 0 Å². The number of halogens is 6. The fraction of sp³-hybridized carbons (Fsp3) is 0.562. The first-order valence-corrected chi connectivity index (χ1v) is 7.77. The van der Waals surface area contributed by atoms with Gasteiger partial charge >= 0.3 is 12.4 Å². The van der Waals surface area contributed by atoms with Crippen molar-refractivity contribution in [1.82, 2.24) is 4.90 Å². The Bertz CT molecular complexity index is 606. The van der Waals surface area contributed by atoms with E-state index >= 15 is 0 Å². The third-order valence-corrected chi connectivity index (χ3v) is 4.25. The summed E-state index contributed by atoms with van der Waals surface area (Å²) in [5.74, 6) is -0.862. The second-order valence-electron chi connectivity index (χ2n) is 6.22. The van der Waals surface area contributed by atoms with Crippen LogP contribution in [0.5, 0.6) is 0 Å². The average molecular weight is 368 g/mol. The Morgan fingerprint density at radius 2 is 1.60 bits per heavy atom. The van der Waals surface area contributed by atoms with Gasteiger partial charge in [0.05, 0.1) is 11.1 Å². The molecule has 3 nitrogen and oxygen atoms in total. The number of carbonyl (C=O) groups excluding carboxylic acids is 1. The Hall–Kier alpha value is -1.77. The molecule has 1 aliphatic rings. The predicted octanol–water partition coefficient (Wildman–Crippen LogP) is 4.07. The minimum absolute atomic E-state index is 0.00994. The molecule has 0 aromatic heterocycles. The minimum atomic E-state index is -4.99. The standard InChI is InChI=1S/C16H18F6N2O/c1-9(23)13-4-2-3-5-24(13)14(25)10-6-11(15(17,18)19)8-12(7-10)16(20,21)22/h6-9,13H,2-5,23H2,1H3. The van der Waals surface area contributed by atoms with E-state index in [1.807, 2.05) is 0 Å². The molecule has 140 valence electrons. The number of carbonyl (C=O) groups is 1. The number of amides is 1. The molecule has 2 N–H and O–H groups in total. The third kappa shape index (κ3) is 4.45. The van der Waals surface area contributed by atoms with E-state index < -0.39 is 47.0 Å². The van der Waals surface area contributed by atoms with Crippen molar-refractivity contribution in [3.63, 3.8) is 0 Å². The lowest BCUT2D eigenvalue weighted by Gasteiger charge is -2.38. The Kier molecular flexibility index (Phi) is 5.36. The first kappa shape index (κ1) is 19.6. The van der Waals surface area contributed by atoms with Gasteiger partial charge in [-0.2, -0.15) is 26.3 Å². The smallest absolute Gasteiger partial charge is 0.334 e. The number of hydrogen-bond donors (Lipinski definition) is 1. The van der Waals surface area contributed by atoms with E-state index in [4.69, 9.17) is 5.73 Å². The van der Waals surface area contributed by atoms with Crippen molar-refractivity contribution in [2.45, 2.75) is 50.6 Å². The molecule has 1 aliphatic heterocycles. The number of rotatable bonds is 2. The topological polar surface area (TPSA) is 46.3 Å². The molecular weight excluding hydrogens is 350 g/mol. The van der Waals surface area contributed by atoms with Crippen molar-refractivity contribution in [2.75, 3.05) is 6.54 Å². The maximum absolute atomic E-state index is 12.9. The van der Waals surface area contributed by atoms with E-state index in [-0.39, 0.29) is 12.6 Å². The average Bonchev–Trinajstić information content (AvgIpc) is 2.52. The normalized spacial score (nSPS) is 20.5. The monoisotopic (exact) mass is 368 g/mol. The number of likely N-dealkylation sites (tertiary alicyclic amines) is 1. The maximum atomic E-state index is 12.9. The molecule has 0 aliphatic carbocycles. The largest absolute Gasteiger partial charge is 0.416 e. The molecule has 1 amide bonds. The van der Waals surface area contributed by atoms with Crippen molar-refractivity contribution >= 4 is 5.91 Å². The summed E-state index contributed by atoms with van der Waals surface area (Å²) in [5, 5.41) is 0. The van der Waals surface area contributed by atoms with Gasteiger partial charge in [-0.05, 0) is 44.4 Å². The molecule has 9 heteroatoms. The predicted molar refractivity (Wildman–Crippen MR) is 78.8 cm³/mol.